The predicted octanol–water partition coefficient (Wildman–Crippen LogP) is -0.0504. The Balaban J connectivity index is 0. The van der Waals surface area contributed by atoms with Crippen molar-refractivity contribution in [3.8, 4) is 0 Å². The smallest absolute Gasteiger partial charge is 0.322 e. The molecule has 0 amide bonds. The molecule has 0 spiro atoms. The maximum atomic E-state index is 9.78. The van der Waals surface area contributed by atoms with Crippen LogP contribution in [-0.2, 0) is 4.79 Å². The number of nitrogens with two attached hydrogens (primary N) is 1. The van der Waals surface area contributed by atoms with Gasteiger partial charge in [0.15, 0.2) is 0 Å². The number of carbonyl (C=O) groups is 1. The van der Waals surface area contributed by atoms with Gasteiger partial charge in [-0.1, -0.05) is 26.2 Å². The third-order valence-electron chi connectivity index (χ3n) is 1.46. The van der Waals surface area contributed by atoms with Crippen molar-refractivity contribution in [2.75, 3.05) is 13.2 Å². The minimum Gasteiger partial charge on any atom is -0.480 e. The van der Waals surface area contributed by atoms with Gasteiger partial charge in [0.25, 0.3) is 0 Å². The van der Waals surface area contributed by atoms with Gasteiger partial charge < -0.3 is 21.1 Å². The molecule has 5 nitrogen and oxygen atoms in total. The van der Waals surface area contributed by atoms with E-state index >= 15 is 0 Å². The summed E-state index contributed by atoms with van der Waals surface area (Å²) in [7, 11) is 0. The standard InChI is InChI=1S/C6H14O.C3H7NO3/c1-2-3-4-5-6-7;4-2(1-5)3(6)7/h7H,2-6H2,1H3;2,5H,1,4H2,(H,6,7)/t;2-/m.0/s1/i;2D. The fraction of sp³-hybridized carbons (Fsp3) is 0.889. The Morgan fingerprint density at radius 1 is 1.43 bits per heavy atom. The molecule has 0 aromatic rings. The lowest BCUT2D eigenvalue weighted by Gasteiger charge is -1.96. The van der Waals surface area contributed by atoms with Crippen LogP contribution in [0.4, 0.5) is 0 Å². The molecule has 0 unspecified atom stereocenters. The zero-order valence-electron chi connectivity index (χ0n) is 9.57. The minimum absolute atomic E-state index is 0.361. The summed E-state index contributed by atoms with van der Waals surface area (Å²) in [6.45, 7) is 1.65. The first kappa shape index (κ1) is 13.4. The van der Waals surface area contributed by atoms with Gasteiger partial charge in [-0.05, 0) is 6.42 Å². The quantitative estimate of drug-likeness (QED) is 0.458. The highest BCUT2D eigenvalue weighted by atomic mass is 16.4. The molecule has 86 valence electrons. The van der Waals surface area contributed by atoms with Gasteiger partial charge in [-0.3, -0.25) is 4.79 Å². The zero-order valence-corrected chi connectivity index (χ0v) is 8.57. The van der Waals surface area contributed by atoms with E-state index < -0.39 is 18.6 Å². The van der Waals surface area contributed by atoms with Gasteiger partial charge in [0.05, 0.1) is 7.98 Å². The van der Waals surface area contributed by atoms with Crippen LogP contribution in [-0.4, -0.2) is 40.5 Å². The van der Waals surface area contributed by atoms with Crippen LogP contribution in [0.25, 0.3) is 0 Å². The van der Waals surface area contributed by atoms with Crippen LogP contribution in [0.15, 0.2) is 0 Å². The highest BCUT2D eigenvalue weighted by Crippen LogP contribution is 1.96. The Kier molecular flexibility index (Phi) is 11.8. The number of hydrogen-bond donors (Lipinski definition) is 4. The summed E-state index contributed by atoms with van der Waals surface area (Å²) in [6, 6.07) is -2.24. The van der Waals surface area contributed by atoms with E-state index in [4.69, 9.17) is 16.7 Å². The monoisotopic (exact) mass is 208 g/mol. The molecule has 5 heteroatoms. The number of unbranched alkanes of at least 4 members (excludes halogenated alkanes) is 3. The largest absolute Gasteiger partial charge is 0.480 e. The highest BCUT2D eigenvalue weighted by molar-refractivity contribution is 5.73. The molecule has 0 saturated carbocycles. The molecule has 5 N–H and O–H groups in total. The van der Waals surface area contributed by atoms with Gasteiger partial charge >= 0.3 is 5.97 Å². The lowest BCUT2D eigenvalue weighted by molar-refractivity contribution is -0.139. The van der Waals surface area contributed by atoms with Crippen LogP contribution in [0.3, 0.4) is 0 Å². The molecular formula is C9H21NO4. The maximum absolute atomic E-state index is 9.78. The van der Waals surface area contributed by atoms with Crippen molar-refractivity contribution in [3.05, 3.63) is 0 Å². The zero-order chi connectivity index (χ0) is 12.3. The van der Waals surface area contributed by atoms with E-state index in [1.54, 1.807) is 0 Å². The molecule has 14 heavy (non-hydrogen) atoms. The summed E-state index contributed by atoms with van der Waals surface area (Å²) < 4.78 is 6.56. The second-order valence-electron chi connectivity index (χ2n) is 2.77. The SMILES string of the molecule is CCCCCCO.[2H][C@](N)(CO)C(=O)O. The number of aliphatic hydroxyl groups excluding tert-OH is 2. The van der Waals surface area contributed by atoms with Gasteiger partial charge in [-0.15, -0.1) is 0 Å². The number of rotatable bonds is 6. The average Bonchev–Trinajstić information content (AvgIpc) is 2.19. The van der Waals surface area contributed by atoms with E-state index in [1.807, 2.05) is 0 Å². The van der Waals surface area contributed by atoms with E-state index in [2.05, 4.69) is 12.7 Å². The van der Waals surface area contributed by atoms with Gasteiger partial charge in [-0.25, -0.2) is 0 Å². The molecule has 0 aliphatic rings. The second kappa shape index (κ2) is 12.3. The van der Waals surface area contributed by atoms with Gasteiger partial charge in [0.1, 0.15) is 6.02 Å². The number of carboxylic acid groups (broad SMARTS) is 1. The summed E-state index contributed by atoms with van der Waals surface area (Å²) in [5, 5.41) is 24.3. The first-order chi connectivity index (χ1) is 6.92. The molecule has 0 heterocycles. The molecule has 0 aromatic carbocycles. The number of aliphatic carboxylic acids is 1. The fourth-order valence-corrected chi connectivity index (χ4v) is 0.606. The molecular weight excluding hydrogens is 186 g/mol. The van der Waals surface area contributed by atoms with Crippen LogP contribution >= 0.6 is 0 Å². The van der Waals surface area contributed by atoms with Crippen molar-refractivity contribution in [3.63, 3.8) is 0 Å². The Morgan fingerprint density at radius 2 is 2.00 bits per heavy atom. The number of carboxylic acids is 1. The highest BCUT2D eigenvalue weighted by Gasteiger charge is 2.06. The van der Waals surface area contributed by atoms with E-state index in [1.165, 1.54) is 19.3 Å². The average molecular weight is 208 g/mol. The lowest BCUT2D eigenvalue weighted by atomic mass is 10.2. The molecule has 0 aliphatic carbocycles. The van der Waals surface area contributed by atoms with Gasteiger partial charge in [0, 0.05) is 6.61 Å². The molecule has 0 radical (unpaired) electrons. The predicted molar refractivity (Wildman–Crippen MR) is 53.9 cm³/mol. The summed E-state index contributed by atoms with van der Waals surface area (Å²) in [6.07, 6.45) is 4.68. The normalized spacial score (nSPS) is 14.7. The van der Waals surface area contributed by atoms with Crippen molar-refractivity contribution in [1.29, 1.82) is 0 Å². The van der Waals surface area contributed by atoms with E-state index in [-0.39, 0.29) is 0 Å². The number of hydrogen-bond acceptors (Lipinski definition) is 4. The molecule has 0 bridgehead atoms. The summed E-state index contributed by atoms with van der Waals surface area (Å²) in [5.41, 5.74) is 4.68. The lowest BCUT2D eigenvalue weighted by Crippen LogP contribution is -2.33. The van der Waals surface area contributed by atoms with Gasteiger partial charge in [0.2, 0.25) is 0 Å². The van der Waals surface area contributed by atoms with Crippen molar-refractivity contribution < 1.29 is 21.5 Å². The summed E-state index contributed by atoms with van der Waals surface area (Å²) in [4.78, 5) is 9.78. The Hall–Kier alpha value is -0.650. The van der Waals surface area contributed by atoms with Crippen LogP contribution < -0.4 is 5.73 Å². The molecule has 0 aromatic heterocycles. The fourth-order valence-electron chi connectivity index (χ4n) is 0.606. The Morgan fingerprint density at radius 3 is 2.21 bits per heavy atom. The van der Waals surface area contributed by atoms with Gasteiger partial charge in [-0.2, -0.15) is 0 Å². The Bertz CT molecular complexity index is 160. The molecule has 1 atom stereocenters. The topological polar surface area (TPSA) is 104 Å². The van der Waals surface area contributed by atoms with E-state index in [0.29, 0.717) is 6.61 Å². The molecule has 0 aliphatic heterocycles. The second-order valence-corrected chi connectivity index (χ2v) is 2.77. The summed E-state index contributed by atoms with van der Waals surface area (Å²) in [5.74, 6) is -1.53. The number of aliphatic hydroxyl groups is 2. The van der Waals surface area contributed by atoms with Crippen molar-refractivity contribution >= 4 is 5.97 Å². The van der Waals surface area contributed by atoms with E-state index in [9.17, 15) is 4.79 Å². The van der Waals surface area contributed by atoms with Crippen molar-refractivity contribution in [2.45, 2.75) is 38.6 Å². The van der Waals surface area contributed by atoms with Crippen LogP contribution in [0.5, 0.6) is 0 Å². The van der Waals surface area contributed by atoms with Crippen LogP contribution in [0.2, 0.25) is 0 Å². The minimum atomic E-state index is -2.24. The van der Waals surface area contributed by atoms with Crippen LogP contribution in [0, 0.1) is 0 Å². The Labute approximate surface area is 86.0 Å². The summed E-state index contributed by atoms with van der Waals surface area (Å²) >= 11 is 0. The maximum Gasteiger partial charge on any atom is 0.322 e. The third-order valence-corrected chi connectivity index (χ3v) is 1.46. The first-order valence-corrected chi connectivity index (χ1v) is 4.66. The molecule has 0 fully saturated rings. The first-order valence-electron chi connectivity index (χ1n) is 5.16. The molecule has 0 rings (SSSR count). The third kappa shape index (κ3) is 13.9. The molecule has 0 saturated heterocycles. The van der Waals surface area contributed by atoms with Crippen molar-refractivity contribution in [2.24, 2.45) is 5.73 Å². The van der Waals surface area contributed by atoms with Crippen molar-refractivity contribution in [1.82, 2.24) is 0 Å². The van der Waals surface area contributed by atoms with E-state index in [0.717, 1.165) is 6.42 Å². The van der Waals surface area contributed by atoms with Crippen LogP contribution in [0.1, 0.15) is 34.0 Å².